The Balaban J connectivity index is 1.73. The predicted octanol–water partition coefficient (Wildman–Crippen LogP) is 5.29. The highest BCUT2D eigenvalue weighted by Crippen LogP contribution is 2.41. The van der Waals surface area contributed by atoms with Crippen LogP contribution in [-0.4, -0.2) is 15.0 Å². The van der Waals surface area contributed by atoms with Gasteiger partial charge in [-0.05, 0) is 47.6 Å². The average molecular weight is 445 g/mol. The Hall–Kier alpha value is -3.62. The van der Waals surface area contributed by atoms with Crippen molar-refractivity contribution in [3.05, 3.63) is 105 Å². The van der Waals surface area contributed by atoms with Gasteiger partial charge in [0, 0.05) is 17.7 Å². The lowest BCUT2D eigenvalue weighted by Gasteiger charge is -2.31. The number of nitrogens with one attached hydrogen (secondary N) is 2. The predicted molar refractivity (Wildman–Crippen MR) is 128 cm³/mol. The number of non-ortho nitro benzene ring substituents is 1. The molecule has 0 spiro atoms. The molecule has 0 aliphatic carbocycles. The van der Waals surface area contributed by atoms with Crippen LogP contribution in [0.4, 0.5) is 5.69 Å². The normalized spacial score (nSPS) is 16.1. The van der Waals surface area contributed by atoms with Crippen molar-refractivity contribution < 1.29 is 4.92 Å². The Labute approximate surface area is 187 Å². The van der Waals surface area contributed by atoms with Crippen LogP contribution in [0.3, 0.4) is 0 Å². The lowest BCUT2D eigenvalue weighted by Crippen LogP contribution is -2.42. The van der Waals surface area contributed by atoms with Crippen molar-refractivity contribution in [1.29, 1.82) is 0 Å². The van der Waals surface area contributed by atoms with Crippen LogP contribution in [-0.2, 0) is 0 Å². The van der Waals surface area contributed by atoms with E-state index in [0.717, 1.165) is 37.6 Å². The molecule has 0 saturated heterocycles. The van der Waals surface area contributed by atoms with Crippen LogP contribution in [0.15, 0.2) is 78.9 Å². The van der Waals surface area contributed by atoms with Gasteiger partial charge in [-0.1, -0.05) is 42.5 Å². The van der Waals surface area contributed by atoms with Crippen LogP contribution >= 0.6 is 23.6 Å². The van der Waals surface area contributed by atoms with Gasteiger partial charge in [0.25, 0.3) is 5.69 Å². The maximum absolute atomic E-state index is 11.1. The lowest BCUT2D eigenvalue weighted by molar-refractivity contribution is -0.384. The van der Waals surface area contributed by atoms with Crippen molar-refractivity contribution in [2.45, 2.75) is 6.04 Å². The Morgan fingerprint density at radius 1 is 0.968 bits per heavy atom. The number of thiocarbonyl (C=S) groups is 1. The van der Waals surface area contributed by atoms with Gasteiger partial charge in [0.05, 0.1) is 26.9 Å². The molecule has 0 fully saturated rings. The van der Waals surface area contributed by atoms with Crippen molar-refractivity contribution in [2.24, 2.45) is 0 Å². The van der Waals surface area contributed by atoms with Gasteiger partial charge < -0.3 is 10.6 Å². The number of hydrogen-bond acceptors (Lipinski definition) is 5. The monoisotopic (exact) mass is 444 g/mol. The maximum Gasteiger partial charge on any atom is 0.269 e. The van der Waals surface area contributed by atoms with Gasteiger partial charge in [-0.25, -0.2) is 4.98 Å². The quantitative estimate of drug-likeness (QED) is 0.253. The summed E-state index contributed by atoms with van der Waals surface area (Å²) < 4.78 is 1.09. The van der Waals surface area contributed by atoms with E-state index in [0.29, 0.717) is 5.11 Å². The second kappa shape index (κ2) is 7.90. The number of hydrogen-bond donors (Lipinski definition) is 2. The average Bonchev–Trinajstić information content (AvgIpc) is 3.23. The molecule has 0 bridgehead atoms. The minimum absolute atomic E-state index is 0.0501. The first kappa shape index (κ1) is 19.3. The SMILES string of the molecule is O=[N+]([O-])c1ccc(C2NC(=S)NC(c3ccccc3)=C2c2nc3ccccc3s2)cc1. The highest BCUT2D eigenvalue weighted by molar-refractivity contribution is 7.80. The highest BCUT2D eigenvalue weighted by Gasteiger charge is 2.31. The third kappa shape index (κ3) is 3.67. The third-order valence-corrected chi connectivity index (χ3v) is 6.39. The highest BCUT2D eigenvalue weighted by atomic mass is 32.1. The van der Waals surface area contributed by atoms with E-state index in [1.807, 2.05) is 48.5 Å². The molecule has 1 aliphatic rings. The van der Waals surface area contributed by atoms with E-state index in [2.05, 4.69) is 16.7 Å². The van der Waals surface area contributed by atoms with Gasteiger partial charge in [-0.2, -0.15) is 0 Å². The molecule has 4 aromatic rings. The smallest absolute Gasteiger partial charge is 0.269 e. The van der Waals surface area contributed by atoms with Gasteiger partial charge in [0.2, 0.25) is 0 Å². The van der Waals surface area contributed by atoms with Gasteiger partial charge in [0.1, 0.15) is 5.01 Å². The van der Waals surface area contributed by atoms with Gasteiger partial charge in [0.15, 0.2) is 5.11 Å². The Morgan fingerprint density at radius 2 is 1.68 bits per heavy atom. The molecule has 152 valence electrons. The number of fused-ring (bicyclic) bond motifs is 1. The zero-order chi connectivity index (χ0) is 21.4. The van der Waals surface area contributed by atoms with Crippen LogP contribution in [0, 0.1) is 10.1 Å². The molecular formula is C23H16N4O2S2. The second-order valence-electron chi connectivity index (χ2n) is 7.02. The van der Waals surface area contributed by atoms with Gasteiger partial charge in [-0.3, -0.25) is 10.1 Å². The standard InChI is InChI=1S/C23H16N4O2S2/c28-27(29)16-12-10-15(11-13-16)21-19(22-24-17-8-4-5-9-18(17)31-22)20(25-23(30)26-21)14-6-2-1-3-7-14/h1-13,21H,(H2,25,26,30). The van der Waals surface area contributed by atoms with Crippen molar-refractivity contribution in [3.63, 3.8) is 0 Å². The van der Waals surface area contributed by atoms with Gasteiger partial charge in [-0.15, -0.1) is 11.3 Å². The van der Waals surface area contributed by atoms with Crippen LogP contribution in [0.5, 0.6) is 0 Å². The molecule has 0 saturated carbocycles. The minimum atomic E-state index is -0.399. The molecule has 5 rings (SSSR count). The molecule has 1 aromatic heterocycles. The van der Waals surface area contributed by atoms with E-state index >= 15 is 0 Å². The summed E-state index contributed by atoms with van der Waals surface area (Å²) in [5.41, 5.74) is 4.68. The first-order valence-electron chi connectivity index (χ1n) is 9.57. The minimum Gasteiger partial charge on any atom is -0.351 e. The molecule has 31 heavy (non-hydrogen) atoms. The molecular weight excluding hydrogens is 428 g/mol. The van der Waals surface area contributed by atoms with Crippen molar-refractivity contribution in [2.75, 3.05) is 0 Å². The fourth-order valence-corrected chi connectivity index (χ4v) is 4.92. The number of thiazole rings is 1. The van der Waals surface area contributed by atoms with Crippen molar-refractivity contribution >= 4 is 55.8 Å². The van der Waals surface area contributed by atoms with Crippen LogP contribution < -0.4 is 10.6 Å². The molecule has 6 nitrogen and oxygen atoms in total. The zero-order valence-corrected chi connectivity index (χ0v) is 17.7. The van der Waals surface area contributed by atoms with Crippen LogP contribution in [0.1, 0.15) is 22.2 Å². The summed E-state index contributed by atoms with van der Waals surface area (Å²) >= 11 is 7.12. The summed E-state index contributed by atoms with van der Waals surface area (Å²) in [6.07, 6.45) is 0. The van der Waals surface area contributed by atoms with Crippen LogP contribution in [0.2, 0.25) is 0 Å². The molecule has 2 N–H and O–H groups in total. The van der Waals surface area contributed by atoms with Crippen molar-refractivity contribution in [1.82, 2.24) is 15.6 Å². The number of nitrogens with zero attached hydrogens (tertiary/aromatic N) is 2. The Morgan fingerprint density at radius 3 is 2.39 bits per heavy atom. The summed E-state index contributed by atoms with van der Waals surface area (Å²) in [5.74, 6) is 0. The van der Waals surface area contributed by atoms with E-state index in [9.17, 15) is 10.1 Å². The van der Waals surface area contributed by atoms with E-state index in [1.165, 1.54) is 12.1 Å². The Bertz CT molecular complexity index is 1300. The number of nitro groups is 1. The van der Waals surface area contributed by atoms with E-state index < -0.39 is 4.92 Å². The number of benzene rings is 3. The summed E-state index contributed by atoms with van der Waals surface area (Å²) in [6, 6.07) is 24.2. The zero-order valence-electron chi connectivity index (χ0n) is 16.1. The fraction of sp³-hybridized carbons (Fsp3) is 0.0435. The molecule has 1 unspecified atom stereocenters. The van der Waals surface area contributed by atoms with E-state index in [1.54, 1.807) is 23.5 Å². The first-order valence-corrected chi connectivity index (χ1v) is 10.8. The summed E-state index contributed by atoms with van der Waals surface area (Å²) in [4.78, 5) is 15.6. The topological polar surface area (TPSA) is 80.1 Å². The largest absolute Gasteiger partial charge is 0.351 e. The number of rotatable bonds is 4. The summed E-state index contributed by atoms with van der Waals surface area (Å²) in [6.45, 7) is 0. The number of nitro benzene ring substituents is 1. The summed E-state index contributed by atoms with van der Waals surface area (Å²) in [5, 5.41) is 19.1. The molecule has 3 aromatic carbocycles. The summed E-state index contributed by atoms with van der Waals surface area (Å²) in [7, 11) is 0. The fourth-order valence-electron chi connectivity index (χ4n) is 3.65. The maximum atomic E-state index is 11.1. The molecule has 1 aliphatic heterocycles. The lowest BCUT2D eigenvalue weighted by atomic mass is 9.93. The van der Waals surface area contributed by atoms with E-state index in [-0.39, 0.29) is 11.7 Å². The number of aromatic nitrogens is 1. The molecule has 1 atom stereocenters. The molecule has 2 heterocycles. The van der Waals surface area contributed by atoms with Crippen LogP contribution in [0.25, 0.3) is 21.5 Å². The molecule has 8 heteroatoms. The Kier molecular flexibility index (Phi) is 4.93. The van der Waals surface area contributed by atoms with Crippen molar-refractivity contribution in [3.8, 4) is 0 Å². The third-order valence-electron chi connectivity index (χ3n) is 5.10. The van der Waals surface area contributed by atoms with Gasteiger partial charge >= 0.3 is 0 Å². The number of para-hydroxylation sites is 1. The molecule has 0 radical (unpaired) electrons. The molecule has 0 amide bonds. The second-order valence-corrected chi connectivity index (χ2v) is 8.46. The first-order chi connectivity index (χ1) is 15.1. The van der Waals surface area contributed by atoms with E-state index in [4.69, 9.17) is 17.2 Å².